The topological polar surface area (TPSA) is 74.6 Å². The number of aliphatic hydroxyl groups is 1. The van der Waals surface area contributed by atoms with Gasteiger partial charge in [0.15, 0.2) is 0 Å². The summed E-state index contributed by atoms with van der Waals surface area (Å²) >= 11 is 0. The molecule has 1 aliphatic carbocycles. The lowest BCUT2D eigenvalue weighted by atomic mass is 9.81. The molecular weight excluding hydrogens is 316 g/mol. The minimum absolute atomic E-state index is 0.00541. The number of allylic oxidation sites excluding steroid dienone is 4. The lowest BCUT2D eigenvalue weighted by Crippen LogP contribution is -2.27. The van der Waals surface area contributed by atoms with Crippen molar-refractivity contribution in [2.24, 2.45) is 17.3 Å². The zero-order valence-corrected chi connectivity index (χ0v) is 15.6. The Morgan fingerprint density at radius 2 is 2.08 bits per heavy atom. The summed E-state index contributed by atoms with van der Waals surface area (Å²) in [6, 6.07) is 0. The first-order valence-corrected chi connectivity index (χ1v) is 9.23. The Labute approximate surface area is 151 Å². The van der Waals surface area contributed by atoms with Crippen LogP contribution in [0.1, 0.15) is 59.3 Å². The molecule has 1 aliphatic rings. The largest absolute Gasteiger partial charge is 0.478 e. The molecule has 0 amide bonds. The van der Waals surface area contributed by atoms with E-state index in [0.717, 1.165) is 38.2 Å². The molecule has 4 nitrogen and oxygen atoms in total. The summed E-state index contributed by atoms with van der Waals surface area (Å²) in [6.07, 6.45) is 14.5. The number of hydrogen-bond acceptors (Lipinski definition) is 3. The Morgan fingerprint density at radius 3 is 2.72 bits per heavy atom. The number of carbonyl (C=O) groups excluding carboxylic acids is 1. The molecular formula is C21H32O4. The summed E-state index contributed by atoms with van der Waals surface area (Å²) in [4.78, 5) is 22.5. The molecule has 25 heavy (non-hydrogen) atoms. The van der Waals surface area contributed by atoms with Crippen molar-refractivity contribution in [3.63, 3.8) is 0 Å². The molecule has 0 bridgehead atoms. The number of rotatable bonds is 10. The van der Waals surface area contributed by atoms with Gasteiger partial charge in [-0.2, -0.15) is 0 Å². The first-order chi connectivity index (χ1) is 11.8. The van der Waals surface area contributed by atoms with Crippen LogP contribution in [-0.2, 0) is 9.59 Å². The number of carboxylic acids is 1. The van der Waals surface area contributed by atoms with Gasteiger partial charge < -0.3 is 10.2 Å². The molecule has 1 rings (SSSR count). The molecule has 0 radical (unpaired) electrons. The maximum Gasteiger partial charge on any atom is 0.328 e. The van der Waals surface area contributed by atoms with E-state index in [4.69, 9.17) is 5.11 Å². The van der Waals surface area contributed by atoms with E-state index in [0.29, 0.717) is 12.2 Å². The number of carbonyl (C=O) groups is 2. The summed E-state index contributed by atoms with van der Waals surface area (Å²) in [6.45, 7) is 6.25. The van der Waals surface area contributed by atoms with E-state index < -0.39 is 12.1 Å². The van der Waals surface area contributed by atoms with Gasteiger partial charge in [-0.05, 0) is 37.0 Å². The highest BCUT2D eigenvalue weighted by molar-refractivity contribution is 5.83. The normalized spacial score (nSPS) is 23.3. The van der Waals surface area contributed by atoms with Gasteiger partial charge in [-0.3, -0.25) is 4.79 Å². The van der Waals surface area contributed by atoms with Crippen LogP contribution in [0.15, 0.2) is 36.5 Å². The second kappa shape index (κ2) is 10.3. The van der Waals surface area contributed by atoms with Gasteiger partial charge in [0.05, 0.1) is 6.10 Å². The third-order valence-corrected chi connectivity index (χ3v) is 5.02. The molecule has 0 heterocycles. The van der Waals surface area contributed by atoms with Gasteiger partial charge in [0.1, 0.15) is 5.78 Å². The van der Waals surface area contributed by atoms with Gasteiger partial charge >= 0.3 is 5.97 Å². The first-order valence-electron chi connectivity index (χ1n) is 9.23. The Kier molecular flexibility index (Phi) is 8.84. The molecule has 3 atom stereocenters. The fraction of sp³-hybridized carbons (Fsp3) is 0.619. The van der Waals surface area contributed by atoms with Crippen LogP contribution in [0.5, 0.6) is 0 Å². The minimum Gasteiger partial charge on any atom is -0.478 e. The number of hydrogen-bond donors (Lipinski definition) is 2. The van der Waals surface area contributed by atoms with Gasteiger partial charge in [-0.15, -0.1) is 0 Å². The summed E-state index contributed by atoms with van der Waals surface area (Å²) in [5.41, 5.74) is -0.150. The van der Waals surface area contributed by atoms with E-state index in [9.17, 15) is 14.7 Å². The van der Waals surface area contributed by atoms with E-state index in [1.54, 1.807) is 6.08 Å². The Hall–Kier alpha value is -1.68. The molecule has 0 aliphatic heterocycles. The van der Waals surface area contributed by atoms with E-state index >= 15 is 0 Å². The standard InChI is InChI=1S/C21H32O4/c1-4-15-21(2,3)19(23)14-12-16-11-13-18(22)17(16)9-7-5-6-8-10-20(24)25/h5-6,8,10,12,14,16-17,19,23H,4,7,9,11,13,15H2,1-3H3,(H,24,25)/b6-5?,10-8+,14-12+. The van der Waals surface area contributed by atoms with Crippen LogP contribution in [-0.4, -0.2) is 28.1 Å². The number of aliphatic carboxylic acids is 1. The van der Waals surface area contributed by atoms with Gasteiger partial charge in [-0.25, -0.2) is 4.79 Å². The van der Waals surface area contributed by atoms with E-state index in [1.165, 1.54) is 6.08 Å². The van der Waals surface area contributed by atoms with Crippen molar-refractivity contribution < 1.29 is 19.8 Å². The van der Waals surface area contributed by atoms with Crippen LogP contribution in [0, 0.1) is 17.3 Å². The van der Waals surface area contributed by atoms with Crippen LogP contribution in [0.3, 0.4) is 0 Å². The second-order valence-corrected chi connectivity index (χ2v) is 7.55. The predicted octanol–water partition coefficient (Wildman–Crippen LogP) is 4.30. The maximum atomic E-state index is 12.1. The smallest absolute Gasteiger partial charge is 0.328 e. The third kappa shape index (κ3) is 7.39. The lowest BCUT2D eigenvalue weighted by molar-refractivity contribution is -0.131. The summed E-state index contributed by atoms with van der Waals surface area (Å²) < 4.78 is 0. The molecule has 0 spiro atoms. The van der Waals surface area contributed by atoms with Crippen molar-refractivity contribution >= 4 is 11.8 Å². The quantitative estimate of drug-likeness (QED) is 0.351. The highest BCUT2D eigenvalue weighted by atomic mass is 16.4. The monoisotopic (exact) mass is 348 g/mol. The highest BCUT2D eigenvalue weighted by Crippen LogP contribution is 2.34. The van der Waals surface area contributed by atoms with Crippen molar-refractivity contribution in [2.45, 2.75) is 65.4 Å². The summed E-state index contributed by atoms with van der Waals surface area (Å²) in [7, 11) is 0. The zero-order valence-electron chi connectivity index (χ0n) is 15.6. The molecule has 0 aromatic heterocycles. The van der Waals surface area contributed by atoms with Crippen LogP contribution in [0.4, 0.5) is 0 Å². The van der Waals surface area contributed by atoms with Crippen molar-refractivity contribution in [1.29, 1.82) is 0 Å². The SMILES string of the molecule is CCCC(C)(C)C(O)/C=C/C1CCC(=O)C1CCC=C/C=C/C(=O)O. The number of ketones is 1. The number of Topliss-reactive ketones (excluding diaryl/α,β-unsaturated/α-hetero) is 1. The number of carboxylic acid groups (broad SMARTS) is 1. The fourth-order valence-electron chi connectivity index (χ4n) is 3.43. The average molecular weight is 348 g/mol. The van der Waals surface area contributed by atoms with Gasteiger partial charge in [0, 0.05) is 18.4 Å². The molecule has 4 heteroatoms. The Bertz CT molecular complexity index is 528. The highest BCUT2D eigenvalue weighted by Gasteiger charge is 2.33. The third-order valence-electron chi connectivity index (χ3n) is 5.02. The van der Waals surface area contributed by atoms with Crippen LogP contribution < -0.4 is 0 Å². The van der Waals surface area contributed by atoms with E-state index in [1.807, 2.05) is 18.2 Å². The van der Waals surface area contributed by atoms with E-state index in [-0.39, 0.29) is 17.3 Å². The first kappa shape index (κ1) is 21.4. The van der Waals surface area contributed by atoms with Crippen LogP contribution >= 0.6 is 0 Å². The Morgan fingerprint density at radius 1 is 1.36 bits per heavy atom. The number of aliphatic hydroxyl groups excluding tert-OH is 1. The van der Waals surface area contributed by atoms with Gasteiger partial charge in [0.2, 0.25) is 0 Å². The zero-order chi connectivity index (χ0) is 18.9. The molecule has 1 fully saturated rings. The van der Waals surface area contributed by atoms with E-state index in [2.05, 4.69) is 20.8 Å². The molecule has 1 saturated carbocycles. The summed E-state index contributed by atoms with van der Waals surface area (Å²) in [5.74, 6) is -0.467. The van der Waals surface area contributed by atoms with Crippen molar-refractivity contribution in [3.8, 4) is 0 Å². The van der Waals surface area contributed by atoms with Gasteiger partial charge in [-0.1, -0.05) is 57.6 Å². The second-order valence-electron chi connectivity index (χ2n) is 7.55. The average Bonchev–Trinajstić information content (AvgIpc) is 2.88. The molecule has 0 saturated heterocycles. The maximum absolute atomic E-state index is 12.1. The molecule has 0 aromatic carbocycles. The van der Waals surface area contributed by atoms with Crippen LogP contribution in [0.2, 0.25) is 0 Å². The predicted molar refractivity (Wildman–Crippen MR) is 100 cm³/mol. The van der Waals surface area contributed by atoms with Crippen molar-refractivity contribution in [1.82, 2.24) is 0 Å². The summed E-state index contributed by atoms with van der Waals surface area (Å²) in [5, 5.41) is 18.9. The Balaban J connectivity index is 2.57. The van der Waals surface area contributed by atoms with Crippen molar-refractivity contribution in [3.05, 3.63) is 36.5 Å². The molecule has 140 valence electrons. The van der Waals surface area contributed by atoms with Crippen LogP contribution in [0.25, 0.3) is 0 Å². The lowest BCUT2D eigenvalue weighted by Gasteiger charge is -2.28. The van der Waals surface area contributed by atoms with Crippen molar-refractivity contribution in [2.75, 3.05) is 0 Å². The molecule has 3 unspecified atom stereocenters. The molecule has 0 aromatic rings. The van der Waals surface area contributed by atoms with Gasteiger partial charge in [0.25, 0.3) is 0 Å². The minimum atomic E-state index is -0.967. The molecule has 2 N–H and O–H groups in total. The fourth-order valence-corrected chi connectivity index (χ4v) is 3.43.